The van der Waals surface area contributed by atoms with Crippen molar-refractivity contribution < 1.29 is 4.39 Å². The lowest BCUT2D eigenvalue weighted by atomic mass is 10.1. The molecule has 8 heteroatoms. The number of aryl methyl sites for hydroxylation is 1. The highest BCUT2D eigenvalue weighted by Gasteiger charge is 2.19. The van der Waals surface area contributed by atoms with E-state index in [1.54, 1.807) is 24.5 Å². The van der Waals surface area contributed by atoms with E-state index in [1.807, 2.05) is 23.6 Å². The maximum absolute atomic E-state index is 13.4. The molecular formula is C18H13ClFN5S. The molecule has 1 aromatic carbocycles. The van der Waals surface area contributed by atoms with Crippen molar-refractivity contribution in [2.24, 2.45) is 0 Å². The number of benzene rings is 1. The van der Waals surface area contributed by atoms with Crippen molar-refractivity contribution in [2.45, 2.75) is 12.1 Å². The SMILES string of the molecule is CSc1nccc(-c2c(-c3ccc(F)cc3)nc3c(C)nc(Cl)cn23)n1. The number of hydrogen-bond donors (Lipinski definition) is 0. The Bertz CT molecular complexity index is 1110. The average Bonchev–Trinajstić information content (AvgIpc) is 3.02. The van der Waals surface area contributed by atoms with Crippen LogP contribution in [0.25, 0.3) is 28.3 Å². The average molecular weight is 386 g/mol. The first-order valence-corrected chi connectivity index (χ1v) is 9.35. The summed E-state index contributed by atoms with van der Waals surface area (Å²) in [4.78, 5) is 17.8. The van der Waals surface area contributed by atoms with Gasteiger partial charge in [0.05, 0.1) is 22.8 Å². The molecule has 3 heterocycles. The Morgan fingerprint density at radius 2 is 1.85 bits per heavy atom. The lowest BCUT2D eigenvalue weighted by Gasteiger charge is -2.07. The van der Waals surface area contributed by atoms with Gasteiger partial charge in [0.15, 0.2) is 10.8 Å². The first-order valence-electron chi connectivity index (χ1n) is 7.75. The molecule has 3 aromatic heterocycles. The Hall–Kier alpha value is -2.51. The second-order valence-electron chi connectivity index (χ2n) is 5.59. The summed E-state index contributed by atoms with van der Waals surface area (Å²) in [5.41, 5.74) is 4.31. The Morgan fingerprint density at radius 1 is 1.08 bits per heavy atom. The van der Waals surface area contributed by atoms with E-state index in [9.17, 15) is 4.39 Å². The first kappa shape index (κ1) is 16.9. The van der Waals surface area contributed by atoms with Crippen molar-refractivity contribution in [1.82, 2.24) is 24.3 Å². The molecule has 0 saturated carbocycles. The molecule has 0 fully saturated rings. The minimum absolute atomic E-state index is 0.299. The summed E-state index contributed by atoms with van der Waals surface area (Å²) < 4.78 is 15.2. The van der Waals surface area contributed by atoms with Gasteiger partial charge in [0, 0.05) is 18.0 Å². The molecule has 5 nitrogen and oxygen atoms in total. The van der Waals surface area contributed by atoms with E-state index in [0.29, 0.717) is 33.0 Å². The van der Waals surface area contributed by atoms with Gasteiger partial charge in [0.1, 0.15) is 11.0 Å². The fraction of sp³-hybridized carbons (Fsp3) is 0.111. The summed E-state index contributed by atoms with van der Waals surface area (Å²) in [6.07, 6.45) is 5.33. The Morgan fingerprint density at radius 3 is 2.58 bits per heavy atom. The number of thioether (sulfide) groups is 1. The third kappa shape index (κ3) is 2.93. The molecule has 4 aromatic rings. The van der Waals surface area contributed by atoms with Crippen LogP contribution in [-0.2, 0) is 0 Å². The van der Waals surface area contributed by atoms with Crippen molar-refractivity contribution in [1.29, 1.82) is 0 Å². The Labute approximate surface area is 158 Å². The Balaban J connectivity index is 2.07. The van der Waals surface area contributed by atoms with Crippen LogP contribution >= 0.6 is 23.4 Å². The lowest BCUT2D eigenvalue weighted by molar-refractivity contribution is 0.628. The van der Waals surface area contributed by atoms with Crippen molar-refractivity contribution in [3.8, 4) is 22.6 Å². The second kappa shape index (κ2) is 6.66. The molecule has 0 aliphatic carbocycles. The van der Waals surface area contributed by atoms with Crippen LogP contribution in [0.4, 0.5) is 4.39 Å². The normalized spacial score (nSPS) is 11.2. The van der Waals surface area contributed by atoms with Gasteiger partial charge >= 0.3 is 0 Å². The topological polar surface area (TPSA) is 56.0 Å². The standard InChI is InChI=1S/C18H13ClFN5S/c1-10-17-24-15(11-3-5-12(20)6-4-11)16(25(17)9-14(19)22-10)13-7-8-21-18(23-13)26-2/h3-9H,1-2H3. The summed E-state index contributed by atoms with van der Waals surface area (Å²) in [6.45, 7) is 1.85. The van der Waals surface area contributed by atoms with Crippen molar-refractivity contribution in [3.05, 3.63) is 59.4 Å². The van der Waals surface area contributed by atoms with Gasteiger partial charge in [0.2, 0.25) is 0 Å². The van der Waals surface area contributed by atoms with Crippen LogP contribution in [0.1, 0.15) is 5.69 Å². The van der Waals surface area contributed by atoms with Gasteiger partial charge in [-0.05, 0) is 43.5 Å². The van der Waals surface area contributed by atoms with Gasteiger partial charge < -0.3 is 0 Å². The maximum Gasteiger partial charge on any atom is 0.187 e. The fourth-order valence-corrected chi connectivity index (χ4v) is 3.36. The molecule has 0 N–H and O–H groups in total. The molecule has 130 valence electrons. The van der Waals surface area contributed by atoms with Gasteiger partial charge in [-0.3, -0.25) is 4.40 Å². The monoisotopic (exact) mass is 385 g/mol. The quantitative estimate of drug-likeness (QED) is 0.378. The zero-order chi connectivity index (χ0) is 18.3. The van der Waals surface area contributed by atoms with Gasteiger partial charge in [-0.15, -0.1) is 0 Å². The number of hydrogen-bond acceptors (Lipinski definition) is 5. The summed E-state index contributed by atoms with van der Waals surface area (Å²) >= 11 is 7.63. The van der Waals surface area contributed by atoms with E-state index in [-0.39, 0.29) is 5.82 Å². The second-order valence-corrected chi connectivity index (χ2v) is 6.75. The predicted molar refractivity (Wildman–Crippen MR) is 101 cm³/mol. The number of imidazole rings is 1. The van der Waals surface area contributed by atoms with Gasteiger partial charge in [0.25, 0.3) is 0 Å². The van der Waals surface area contributed by atoms with Gasteiger partial charge in [-0.25, -0.2) is 24.3 Å². The van der Waals surface area contributed by atoms with E-state index in [1.165, 1.54) is 23.9 Å². The van der Waals surface area contributed by atoms with Crippen LogP contribution in [0.3, 0.4) is 0 Å². The van der Waals surface area contributed by atoms with E-state index < -0.39 is 0 Å². The molecule has 0 amide bonds. The minimum atomic E-state index is -0.299. The largest absolute Gasteiger partial charge is 0.293 e. The Kier molecular flexibility index (Phi) is 4.34. The molecule has 0 spiro atoms. The molecule has 0 bridgehead atoms. The van der Waals surface area contributed by atoms with Crippen molar-refractivity contribution in [2.75, 3.05) is 6.26 Å². The molecule has 0 saturated heterocycles. The van der Waals surface area contributed by atoms with Crippen LogP contribution in [0.5, 0.6) is 0 Å². The third-order valence-electron chi connectivity index (χ3n) is 3.92. The van der Waals surface area contributed by atoms with Crippen LogP contribution in [0.2, 0.25) is 5.15 Å². The number of rotatable bonds is 3. The highest BCUT2D eigenvalue weighted by Crippen LogP contribution is 2.33. The molecule has 0 aliphatic rings. The highest BCUT2D eigenvalue weighted by molar-refractivity contribution is 7.98. The van der Waals surface area contributed by atoms with E-state index >= 15 is 0 Å². The summed E-state index contributed by atoms with van der Waals surface area (Å²) in [6, 6.07) is 8.03. The minimum Gasteiger partial charge on any atom is -0.293 e. The number of fused-ring (bicyclic) bond motifs is 1. The maximum atomic E-state index is 13.4. The van der Waals surface area contributed by atoms with Gasteiger partial charge in [-0.2, -0.15) is 0 Å². The molecule has 0 unspecified atom stereocenters. The van der Waals surface area contributed by atoms with Crippen LogP contribution in [-0.4, -0.2) is 30.6 Å². The number of nitrogens with zero attached hydrogens (tertiary/aromatic N) is 5. The molecule has 0 aliphatic heterocycles. The van der Waals surface area contributed by atoms with Crippen LogP contribution in [0.15, 0.2) is 47.9 Å². The molecule has 0 atom stereocenters. The summed E-state index contributed by atoms with van der Waals surface area (Å²) in [7, 11) is 0. The summed E-state index contributed by atoms with van der Waals surface area (Å²) in [5, 5.41) is 1.01. The number of aromatic nitrogens is 5. The molecule has 4 rings (SSSR count). The predicted octanol–water partition coefficient (Wildman–Crippen LogP) is 4.68. The zero-order valence-corrected chi connectivity index (χ0v) is 15.5. The van der Waals surface area contributed by atoms with Gasteiger partial charge in [-0.1, -0.05) is 23.4 Å². The third-order valence-corrected chi connectivity index (χ3v) is 4.67. The molecular weight excluding hydrogens is 373 g/mol. The zero-order valence-electron chi connectivity index (χ0n) is 13.9. The first-order chi connectivity index (χ1) is 12.6. The van der Waals surface area contributed by atoms with E-state index in [4.69, 9.17) is 16.6 Å². The molecule has 26 heavy (non-hydrogen) atoms. The smallest absolute Gasteiger partial charge is 0.187 e. The number of halogens is 2. The molecule has 0 radical (unpaired) electrons. The lowest BCUT2D eigenvalue weighted by Crippen LogP contribution is -1.97. The van der Waals surface area contributed by atoms with Crippen molar-refractivity contribution >= 4 is 29.0 Å². The van der Waals surface area contributed by atoms with E-state index in [0.717, 1.165) is 11.3 Å². The van der Waals surface area contributed by atoms with Crippen LogP contribution < -0.4 is 0 Å². The van der Waals surface area contributed by atoms with E-state index in [2.05, 4.69) is 15.0 Å². The van der Waals surface area contributed by atoms with Crippen molar-refractivity contribution in [3.63, 3.8) is 0 Å². The van der Waals surface area contributed by atoms with Crippen LogP contribution in [0, 0.1) is 12.7 Å². The highest BCUT2D eigenvalue weighted by atomic mass is 35.5. The fourth-order valence-electron chi connectivity index (χ4n) is 2.78. The summed E-state index contributed by atoms with van der Waals surface area (Å²) in [5.74, 6) is -0.299.